The monoisotopic (exact) mass is 307 g/mol. The molecule has 2 aromatic carbocycles. The molecule has 2 nitrogen and oxygen atoms in total. The van der Waals surface area contributed by atoms with Gasteiger partial charge in [-0.15, -0.1) is 0 Å². The van der Waals surface area contributed by atoms with Gasteiger partial charge in [-0.05, 0) is 37.2 Å². The number of benzene rings is 2. The minimum atomic E-state index is -0.304. The maximum Gasteiger partial charge on any atom is 0.129 e. The summed E-state index contributed by atoms with van der Waals surface area (Å²) in [5.41, 5.74) is 2.56. The number of rotatable bonds is 6. The van der Waals surface area contributed by atoms with E-state index in [0.717, 1.165) is 30.0 Å². The van der Waals surface area contributed by atoms with Gasteiger partial charge in [-0.1, -0.05) is 36.7 Å². The highest BCUT2D eigenvalue weighted by molar-refractivity contribution is 6.30. The maximum atomic E-state index is 13.7. The fourth-order valence-corrected chi connectivity index (χ4v) is 2.32. The minimum Gasteiger partial charge on any atom is -0.488 e. The largest absolute Gasteiger partial charge is 0.488 e. The van der Waals surface area contributed by atoms with E-state index in [0.29, 0.717) is 10.6 Å². The lowest BCUT2D eigenvalue weighted by Crippen LogP contribution is -2.13. The van der Waals surface area contributed by atoms with Gasteiger partial charge in [0.05, 0.1) is 0 Å². The second-order valence-electron chi connectivity index (χ2n) is 4.87. The van der Waals surface area contributed by atoms with Crippen molar-refractivity contribution < 1.29 is 9.13 Å². The second-order valence-corrected chi connectivity index (χ2v) is 5.30. The van der Waals surface area contributed by atoms with E-state index < -0.39 is 0 Å². The molecular weight excluding hydrogens is 289 g/mol. The molecule has 0 radical (unpaired) electrons. The molecule has 1 N–H and O–H groups in total. The second kappa shape index (κ2) is 7.43. The number of hydrogen-bond donors (Lipinski definition) is 1. The predicted octanol–water partition coefficient (Wildman–Crippen LogP) is 4.48. The Balaban J connectivity index is 2.17. The summed E-state index contributed by atoms with van der Waals surface area (Å²) in [6, 6.07) is 10.5. The molecule has 0 aliphatic heterocycles. The van der Waals surface area contributed by atoms with Crippen molar-refractivity contribution in [2.24, 2.45) is 0 Å². The molecule has 0 amide bonds. The molecule has 0 saturated heterocycles. The molecule has 0 heterocycles. The van der Waals surface area contributed by atoms with Crippen LogP contribution in [0.5, 0.6) is 5.75 Å². The van der Waals surface area contributed by atoms with Crippen LogP contribution in [0.1, 0.15) is 23.6 Å². The Labute approximate surface area is 129 Å². The van der Waals surface area contributed by atoms with E-state index in [9.17, 15) is 4.39 Å². The van der Waals surface area contributed by atoms with E-state index in [2.05, 4.69) is 12.2 Å². The number of ether oxygens (including phenoxy) is 1. The van der Waals surface area contributed by atoms with Gasteiger partial charge in [0.2, 0.25) is 0 Å². The van der Waals surface area contributed by atoms with Crippen LogP contribution in [-0.2, 0) is 13.2 Å². The molecule has 0 aromatic heterocycles. The summed E-state index contributed by atoms with van der Waals surface area (Å²) in [6.07, 6.45) is 0. The average Bonchev–Trinajstić information content (AvgIpc) is 2.47. The molecule has 0 spiro atoms. The maximum absolute atomic E-state index is 13.7. The number of hydrogen-bond acceptors (Lipinski definition) is 2. The third-order valence-corrected chi connectivity index (χ3v) is 3.47. The summed E-state index contributed by atoms with van der Waals surface area (Å²) in [4.78, 5) is 0. The molecule has 2 aromatic rings. The van der Waals surface area contributed by atoms with Crippen molar-refractivity contribution in [2.75, 3.05) is 6.54 Å². The van der Waals surface area contributed by atoms with Crippen LogP contribution in [0.3, 0.4) is 0 Å². The zero-order valence-corrected chi connectivity index (χ0v) is 13.0. The van der Waals surface area contributed by atoms with Gasteiger partial charge in [-0.25, -0.2) is 4.39 Å². The molecule has 0 aliphatic rings. The van der Waals surface area contributed by atoms with Crippen LogP contribution in [0.2, 0.25) is 5.02 Å². The van der Waals surface area contributed by atoms with Gasteiger partial charge in [0, 0.05) is 22.7 Å². The molecule has 0 fully saturated rings. The topological polar surface area (TPSA) is 21.3 Å². The Morgan fingerprint density at radius 2 is 2.00 bits per heavy atom. The fourth-order valence-electron chi connectivity index (χ4n) is 2.12. The average molecular weight is 308 g/mol. The van der Waals surface area contributed by atoms with Gasteiger partial charge >= 0.3 is 0 Å². The highest BCUT2D eigenvalue weighted by Gasteiger charge is 2.09. The van der Waals surface area contributed by atoms with Gasteiger partial charge in [0.1, 0.15) is 18.2 Å². The number of halogens is 2. The molecule has 21 heavy (non-hydrogen) atoms. The first-order chi connectivity index (χ1) is 10.1. The normalized spacial score (nSPS) is 10.7. The Kier molecular flexibility index (Phi) is 5.59. The van der Waals surface area contributed by atoms with Crippen LogP contribution in [0.25, 0.3) is 0 Å². The van der Waals surface area contributed by atoms with E-state index in [4.69, 9.17) is 16.3 Å². The van der Waals surface area contributed by atoms with Gasteiger partial charge in [0.25, 0.3) is 0 Å². The zero-order valence-electron chi connectivity index (χ0n) is 12.2. The van der Waals surface area contributed by atoms with Crippen molar-refractivity contribution in [1.82, 2.24) is 5.32 Å². The lowest BCUT2D eigenvalue weighted by molar-refractivity contribution is 0.294. The molecular formula is C17H19ClFNO. The summed E-state index contributed by atoms with van der Waals surface area (Å²) in [7, 11) is 0. The Morgan fingerprint density at radius 1 is 1.19 bits per heavy atom. The van der Waals surface area contributed by atoms with Gasteiger partial charge in [-0.2, -0.15) is 0 Å². The molecule has 2 rings (SSSR count). The predicted molar refractivity (Wildman–Crippen MR) is 84.3 cm³/mol. The van der Waals surface area contributed by atoms with Crippen molar-refractivity contribution in [3.63, 3.8) is 0 Å². The van der Waals surface area contributed by atoms with Crippen molar-refractivity contribution in [1.29, 1.82) is 0 Å². The van der Waals surface area contributed by atoms with Crippen LogP contribution in [0.4, 0.5) is 4.39 Å². The summed E-state index contributed by atoms with van der Waals surface area (Å²) in [5, 5.41) is 3.78. The van der Waals surface area contributed by atoms with E-state index in [1.165, 1.54) is 12.1 Å². The molecule has 0 atom stereocenters. The van der Waals surface area contributed by atoms with Crippen molar-refractivity contribution in [3.05, 3.63) is 63.9 Å². The molecule has 0 aliphatic carbocycles. The van der Waals surface area contributed by atoms with E-state index in [-0.39, 0.29) is 12.4 Å². The highest BCUT2D eigenvalue weighted by Crippen LogP contribution is 2.25. The highest BCUT2D eigenvalue weighted by atomic mass is 35.5. The first-order valence-corrected chi connectivity index (χ1v) is 7.35. The fraction of sp³-hybridized carbons (Fsp3) is 0.294. The van der Waals surface area contributed by atoms with Crippen molar-refractivity contribution in [3.8, 4) is 5.75 Å². The van der Waals surface area contributed by atoms with E-state index in [1.807, 2.05) is 25.1 Å². The molecule has 112 valence electrons. The Hall–Kier alpha value is -1.58. The quantitative estimate of drug-likeness (QED) is 0.850. The first kappa shape index (κ1) is 15.8. The van der Waals surface area contributed by atoms with E-state index in [1.54, 1.807) is 6.07 Å². The number of aryl methyl sites for hydroxylation is 1. The standard InChI is InChI=1S/C17H19ClFNO/c1-3-20-10-13-6-4-5-12(2)17(13)21-11-14-9-15(18)7-8-16(14)19/h4-9,20H,3,10-11H2,1-2H3. The van der Waals surface area contributed by atoms with Crippen molar-refractivity contribution >= 4 is 11.6 Å². The molecule has 0 saturated carbocycles. The summed E-state index contributed by atoms with van der Waals surface area (Å²) < 4.78 is 19.6. The minimum absolute atomic E-state index is 0.163. The van der Waals surface area contributed by atoms with Crippen LogP contribution in [0.15, 0.2) is 36.4 Å². The van der Waals surface area contributed by atoms with Gasteiger partial charge in [-0.3, -0.25) is 0 Å². The van der Waals surface area contributed by atoms with Crippen LogP contribution < -0.4 is 10.1 Å². The molecule has 0 unspecified atom stereocenters. The van der Waals surface area contributed by atoms with E-state index >= 15 is 0 Å². The lowest BCUT2D eigenvalue weighted by Gasteiger charge is -2.15. The third-order valence-electron chi connectivity index (χ3n) is 3.24. The van der Waals surface area contributed by atoms with Crippen LogP contribution in [-0.4, -0.2) is 6.54 Å². The Morgan fingerprint density at radius 3 is 2.76 bits per heavy atom. The zero-order chi connectivity index (χ0) is 15.2. The third kappa shape index (κ3) is 4.19. The summed E-state index contributed by atoms with van der Waals surface area (Å²) >= 11 is 5.90. The lowest BCUT2D eigenvalue weighted by atomic mass is 10.1. The van der Waals surface area contributed by atoms with Crippen molar-refractivity contribution in [2.45, 2.75) is 27.0 Å². The van der Waals surface area contributed by atoms with Gasteiger partial charge < -0.3 is 10.1 Å². The first-order valence-electron chi connectivity index (χ1n) is 6.97. The SMILES string of the molecule is CCNCc1cccc(C)c1OCc1cc(Cl)ccc1F. The number of para-hydroxylation sites is 1. The molecule has 4 heteroatoms. The Bertz CT molecular complexity index is 616. The number of nitrogens with one attached hydrogen (secondary N) is 1. The van der Waals surface area contributed by atoms with Crippen LogP contribution >= 0.6 is 11.6 Å². The van der Waals surface area contributed by atoms with Crippen LogP contribution in [0, 0.1) is 12.7 Å². The van der Waals surface area contributed by atoms with Gasteiger partial charge in [0.15, 0.2) is 0 Å². The molecule has 0 bridgehead atoms. The summed E-state index contributed by atoms with van der Waals surface area (Å²) in [5.74, 6) is 0.499. The summed E-state index contributed by atoms with van der Waals surface area (Å²) in [6.45, 7) is 5.81. The smallest absolute Gasteiger partial charge is 0.129 e.